The van der Waals surface area contributed by atoms with Crippen LogP contribution in [0.2, 0.25) is 0 Å². The van der Waals surface area contributed by atoms with E-state index < -0.39 is 29.8 Å². The molecule has 8 heteroatoms. The van der Waals surface area contributed by atoms with Crippen LogP contribution in [0.15, 0.2) is 18.2 Å². The highest BCUT2D eigenvalue weighted by molar-refractivity contribution is 6.06. The minimum Gasteiger partial charge on any atom is -0.489 e. The highest BCUT2D eigenvalue weighted by Gasteiger charge is 2.43. The standard InChI is InChI=1S/C14H13FN2O5/c15-8-1-2-9-11(7-8)22-6-5-16(9)13(19)10-3-4-12(18)17(10)14(20)21/h1-2,7,10H,3-6H2,(H,20,21). The minimum atomic E-state index is -1.44. The van der Waals surface area contributed by atoms with E-state index in [1.807, 2.05) is 0 Å². The van der Waals surface area contributed by atoms with Gasteiger partial charge in [-0.1, -0.05) is 0 Å². The lowest BCUT2D eigenvalue weighted by Crippen LogP contribution is -2.50. The molecule has 1 fully saturated rings. The summed E-state index contributed by atoms with van der Waals surface area (Å²) in [5.74, 6) is -1.34. The number of amides is 3. The minimum absolute atomic E-state index is 0.0172. The van der Waals surface area contributed by atoms with Crippen molar-refractivity contribution >= 4 is 23.6 Å². The number of hydrogen-bond donors (Lipinski definition) is 1. The number of benzene rings is 1. The van der Waals surface area contributed by atoms with Gasteiger partial charge in [-0.2, -0.15) is 0 Å². The predicted molar refractivity (Wildman–Crippen MR) is 72.1 cm³/mol. The number of anilines is 1. The van der Waals surface area contributed by atoms with E-state index in [9.17, 15) is 18.8 Å². The Morgan fingerprint density at radius 2 is 2.14 bits per heavy atom. The van der Waals surface area contributed by atoms with Crippen LogP contribution in [0.1, 0.15) is 12.8 Å². The molecule has 0 radical (unpaired) electrons. The van der Waals surface area contributed by atoms with Gasteiger partial charge >= 0.3 is 6.09 Å². The van der Waals surface area contributed by atoms with Gasteiger partial charge in [0.15, 0.2) is 0 Å². The molecule has 2 aliphatic rings. The number of fused-ring (bicyclic) bond motifs is 1. The maximum Gasteiger partial charge on any atom is 0.414 e. The summed E-state index contributed by atoms with van der Waals surface area (Å²) in [6.45, 7) is 0.394. The summed E-state index contributed by atoms with van der Waals surface area (Å²) in [4.78, 5) is 37.3. The summed E-state index contributed by atoms with van der Waals surface area (Å²) in [6, 6.07) is 2.73. The van der Waals surface area contributed by atoms with Crippen molar-refractivity contribution in [1.29, 1.82) is 0 Å². The van der Waals surface area contributed by atoms with Gasteiger partial charge in [0, 0.05) is 12.5 Å². The molecule has 1 N–H and O–H groups in total. The third kappa shape index (κ3) is 2.26. The number of rotatable bonds is 1. The third-order valence-corrected chi connectivity index (χ3v) is 3.75. The number of imide groups is 1. The van der Waals surface area contributed by atoms with Crippen molar-refractivity contribution in [1.82, 2.24) is 4.90 Å². The van der Waals surface area contributed by atoms with Crippen LogP contribution in [0.25, 0.3) is 0 Å². The van der Waals surface area contributed by atoms with Crippen molar-refractivity contribution in [2.75, 3.05) is 18.1 Å². The van der Waals surface area contributed by atoms with Crippen molar-refractivity contribution in [3.05, 3.63) is 24.0 Å². The number of carbonyl (C=O) groups is 3. The first kappa shape index (κ1) is 14.3. The molecule has 1 aromatic rings. The fourth-order valence-corrected chi connectivity index (χ4v) is 2.76. The van der Waals surface area contributed by atoms with Crippen LogP contribution in [0.5, 0.6) is 5.75 Å². The van der Waals surface area contributed by atoms with Gasteiger partial charge < -0.3 is 14.7 Å². The number of hydrogen-bond acceptors (Lipinski definition) is 4. The Kier molecular flexibility index (Phi) is 3.44. The van der Waals surface area contributed by atoms with Gasteiger partial charge in [0.25, 0.3) is 5.91 Å². The molecule has 2 aliphatic heterocycles. The topological polar surface area (TPSA) is 87.2 Å². The number of ether oxygens (including phenoxy) is 1. The SMILES string of the molecule is O=C(C1CCC(=O)N1C(=O)O)N1CCOc2cc(F)ccc21. The fourth-order valence-electron chi connectivity index (χ4n) is 2.76. The van der Waals surface area contributed by atoms with Crippen LogP contribution in [0.4, 0.5) is 14.9 Å². The quantitative estimate of drug-likeness (QED) is 0.843. The molecule has 22 heavy (non-hydrogen) atoms. The van der Waals surface area contributed by atoms with Crippen molar-refractivity contribution in [2.24, 2.45) is 0 Å². The first-order valence-corrected chi connectivity index (χ1v) is 6.78. The summed E-state index contributed by atoms with van der Waals surface area (Å²) < 4.78 is 18.5. The maximum absolute atomic E-state index is 13.2. The average molecular weight is 308 g/mol. The van der Waals surface area contributed by atoms with Gasteiger partial charge in [0.2, 0.25) is 5.91 Å². The molecule has 0 saturated carbocycles. The number of nitrogens with zero attached hydrogens (tertiary/aromatic N) is 2. The van der Waals surface area contributed by atoms with E-state index in [0.717, 1.165) is 0 Å². The number of halogens is 1. The number of carbonyl (C=O) groups excluding carboxylic acids is 2. The fraction of sp³-hybridized carbons (Fsp3) is 0.357. The average Bonchev–Trinajstić information content (AvgIpc) is 2.87. The lowest BCUT2D eigenvalue weighted by molar-refractivity contribution is -0.132. The molecule has 3 rings (SSSR count). The number of likely N-dealkylation sites (tertiary alicyclic amines) is 1. The highest BCUT2D eigenvalue weighted by Crippen LogP contribution is 2.34. The van der Waals surface area contributed by atoms with Gasteiger partial charge in [-0.15, -0.1) is 0 Å². The highest BCUT2D eigenvalue weighted by atomic mass is 19.1. The zero-order valence-electron chi connectivity index (χ0n) is 11.5. The van der Waals surface area contributed by atoms with Crippen molar-refractivity contribution < 1.29 is 28.6 Å². The lowest BCUT2D eigenvalue weighted by Gasteiger charge is -2.32. The van der Waals surface area contributed by atoms with E-state index in [0.29, 0.717) is 10.6 Å². The van der Waals surface area contributed by atoms with Crippen LogP contribution < -0.4 is 9.64 Å². The van der Waals surface area contributed by atoms with Crippen LogP contribution in [-0.2, 0) is 9.59 Å². The van der Waals surface area contributed by atoms with E-state index in [4.69, 9.17) is 9.84 Å². The van der Waals surface area contributed by atoms with Gasteiger partial charge in [-0.05, 0) is 18.6 Å². The van der Waals surface area contributed by atoms with Gasteiger partial charge in [0.1, 0.15) is 24.2 Å². The predicted octanol–water partition coefficient (Wildman–Crippen LogP) is 1.22. The second-order valence-corrected chi connectivity index (χ2v) is 5.05. The smallest absolute Gasteiger partial charge is 0.414 e. The summed E-state index contributed by atoms with van der Waals surface area (Å²) in [5, 5.41) is 9.09. The van der Waals surface area contributed by atoms with Gasteiger partial charge in [-0.25, -0.2) is 14.1 Å². The van der Waals surface area contributed by atoms with E-state index in [2.05, 4.69) is 0 Å². The van der Waals surface area contributed by atoms with E-state index in [-0.39, 0.29) is 31.7 Å². The lowest BCUT2D eigenvalue weighted by atomic mass is 10.1. The molecule has 3 amide bonds. The molecule has 1 unspecified atom stereocenters. The molecule has 1 atom stereocenters. The molecule has 116 valence electrons. The first-order valence-electron chi connectivity index (χ1n) is 6.78. The van der Waals surface area contributed by atoms with Gasteiger partial charge in [-0.3, -0.25) is 9.59 Å². The number of carboxylic acid groups (broad SMARTS) is 1. The zero-order valence-corrected chi connectivity index (χ0v) is 11.5. The Hall–Kier alpha value is -2.64. The second kappa shape index (κ2) is 5.28. The largest absolute Gasteiger partial charge is 0.489 e. The zero-order chi connectivity index (χ0) is 15.9. The van der Waals surface area contributed by atoms with E-state index in [1.165, 1.54) is 23.1 Å². The summed E-state index contributed by atoms with van der Waals surface area (Å²) in [5.41, 5.74) is 0.377. The Morgan fingerprint density at radius 3 is 2.86 bits per heavy atom. The van der Waals surface area contributed by atoms with E-state index in [1.54, 1.807) is 0 Å². The van der Waals surface area contributed by atoms with E-state index >= 15 is 0 Å². The van der Waals surface area contributed by atoms with Gasteiger partial charge in [0.05, 0.1) is 12.2 Å². The molecule has 0 bridgehead atoms. The molecule has 1 aromatic carbocycles. The Morgan fingerprint density at radius 1 is 1.36 bits per heavy atom. The van der Waals surface area contributed by atoms with Crippen LogP contribution in [-0.4, -0.2) is 47.1 Å². The molecule has 1 saturated heterocycles. The molecular weight excluding hydrogens is 295 g/mol. The molecule has 7 nitrogen and oxygen atoms in total. The van der Waals surface area contributed by atoms with Crippen molar-refractivity contribution in [3.63, 3.8) is 0 Å². The van der Waals surface area contributed by atoms with Crippen molar-refractivity contribution in [2.45, 2.75) is 18.9 Å². The van der Waals surface area contributed by atoms with Crippen LogP contribution in [0, 0.1) is 5.82 Å². The van der Waals surface area contributed by atoms with Crippen LogP contribution >= 0.6 is 0 Å². The first-order chi connectivity index (χ1) is 10.5. The Bertz CT molecular complexity index is 663. The molecule has 0 aromatic heterocycles. The normalized spacial score (nSPS) is 20.6. The Balaban J connectivity index is 1.91. The summed E-state index contributed by atoms with van der Waals surface area (Å²) >= 11 is 0. The monoisotopic (exact) mass is 308 g/mol. The summed E-state index contributed by atoms with van der Waals surface area (Å²) in [7, 11) is 0. The molecule has 0 spiro atoms. The third-order valence-electron chi connectivity index (χ3n) is 3.75. The van der Waals surface area contributed by atoms with Crippen LogP contribution in [0.3, 0.4) is 0 Å². The second-order valence-electron chi connectivity index (χ2n) is 5.05. The molecule has 2 heterocycles. The Labute approximate surface area is 124 Å². The summed E-state index contributed by atoms with van der Waals surface area (Å²) in [6.07, 6.45) is -1.27. The molecule has 0 aliphatic carbocycles. The maximum atomic E-state index is 13.2. The van der Waals surface area contributed by atoms with Crippen molar-refractivity contribution in [3.8, 4) is 5.75 Å². The molecular formula is C14H13FN2O5.